The SMILES string of the molecule is C[I-]Sc1cccnc1-c1ccn(CC(F)(F)C(F)(F)C(F)(F)C(F)F)c(=O)n1. The molecule has 0 saturated carbocycles. The average molecular weight is 560 g/mol. The van der Waals surface area contributed by atoms with E-state index in [1.54, 1.807) is 12.1 Å². The van der Waals surface area contributed by atoms with Gasteiger partial charge in [0.05, 0.1) is 0 Å². The summed E-state index contributed by atoms with van der Waals surface area (Å²) in [5, 5.41) is 0. The Morgan fingerprint density at radius 3 is 2.38 bits per heavy atom. The van der Waals surface area contributed by atoms with Gasteiger partial charge in [-0.1, -0.05) is 0 Å². The summed E-state index contributed by atoms with van der Waals surface area (Å²) < 4.78 is 104. The topological polar surface area (TPSA) is 47.8 Å². The fraction of sp³-hybridized carbons (Fsp3) is 0.400. The molecule has 0 aliphatic rings. The van der Waals surface area contributed by atoms with Crippen molar-refractivity contribution < 1.29 is 54.9 Å². The molecule has 0 aliphatic carbocycles. The third-order valence-corrected chi connectivity index (χ3v) is 6.96. The maximum absolute atomic E-state index is 13.7. The van der Waals surface area contributed by atoms with Crippen LogP contribution in [0, 0.1) is 0 Å². The van der Waals surface area contributed by atoms with Crippen LogP contribution in [0.5, 0.6) is 0 Å². The Morgan fingerprint density at radius 1 is 1.17 bits per heavy atom. The van der Waals surface area contributed by atoms with Crippen LogP contribution in [-0.4, -0.2) is 43.7 Å². The first-order chi connectivity index (χ1) is 13.3. The van der Waals surface area contributed by atoms with E-state index in [0.29, 0.717) is 11.1 Å². The molecular formula is C15H11F8IN3OS-. The number of aromatic nitrogens is 3. The molecule has 2 aromatic heterocycles. The fourth-order valence-electron chi connectivity index (χ4n) is 2.10. The second kappa shape index (κ2) is 8.73. The number of alkyl halides is 9. The first-order valence-corrected chi connectivity index (χ1v) is 13.0. The molecule has 0 amide bonds. The van der Waals surface area contributed by atoms with E-state index in [2.05, 4.69) is 9.97 Å². The number of pyridine rings is 1. The summed E-state index contributed by atoms with van der Waals surface area (Å²) in [7, 11) is 1.45. The number of hydrogen-bond acceptors (Lipinski definition) is 4. The molecule has 14 heteroatoms. The summed E-state index contributed by atoms with van der Waals surface area (Å²) in [5.74, 6) is -18.3. The van der Waals surface area contributed by atoms with E-state index in [0.717, 1.165) is 6.07 Å². The van der Waals surface area contributed by atoms with Gasteiger partial charge in [0.1, 0.15) is 0 Å². The molecule has 0 fully saturated rings. The van der Waals surface area contributed by atoms with Crippen LogP contribution in [-0.2, 0) is 6.54 Å². The molecule has 0 unspecified atom stereocenters. The van der Waals surface area contributed by atoms with E-state index in [1.165, 1.54) is 15.1 Å². The van der Waals surface area contributed by atoms with E-state index in [1.807, 2.05) is 4.93 Å². The zero-order valence-corrected chi connectivity index (χ0v) is 17.2. The van der Waals surface area contributed by atoms with Crippen molar-refractivity contribution in [2.45, 2.75) is 35.6 Å². The minimum atomic E-state index is -6.40. The predicted octanol–water partition coefficient (Wildman–Crippen LogP) is 1.20. The van der Waals surface area contributed by atoms with E-state index in [4.69, 9.17) is 0 Å². The molecule has 4 nitrogen and oxygen atoms in total. The van der Waals surface area contributed by atoms with Gasteiger partial charge < -0.3 is 0 Å². The van der Waals surface area contributed by atoms with E-state index < -0.39 is 36.4 Å². The predicted molar refractivity (Wildman–Crippen MR) is 84.4 cm³/mol. The van der Waals surface area contributed by atoms with Crippen molar-refractivity contribution >= 4 is 8.93 Å². The molecule has 0 aromatic carbocycles. The van der Waals surface area contributed by atoms with Crippen molar-refractivity contribution in [2.24, 2.45) is 0 Å². The molecule has 0 N–H and O–H groups in total. The van der Waals surface area contributed by atoms with Gasteiger partial charge in [-0.3, -0.25) is 0 Å². The van der Waals surface area contributed by atoms with Crippen molar-refractivity contribution in [3.8, 4) is 11.4 Å². The van der Waals surface area contributed by atoms with Gasteiger partial charge in [0, 0.05) is 0 Å². The van der Waals surface area contributed by atoms with Gasteiger partial charge in [0.15, 0.2) is 0 Å². The molecule has 0 bridgehead atoms. The van der Waals surface area contributed by atoms with Crippen LogP contribution >= 0.6 is 8.93 Å². The van der Waals surface area contributed by atoms with E-state index in [-0.39, 0.29) is 35.8 Å². The van der Waals surface area contributed by atoms with Crippen LogP contribution in [0.25, 0.3) is 11.4 Å². The number of rotatable bonds is 8. The quantitative estimate of drug-likeness (QED) is 0.277. The Balaban J connectivity index is 2.38. The summed E-state index contributed by atoms with van der Waals surface area (Å²) in [5.41, 5.74) is -1.24. The first-order valence-electron chi connectivity index (χ1n) is 7.46. The Kier molecular flexibility index (Phi) is 7.17. The van der Waals surface area contributed by atoms with Crippen molar-refractivity contribution in [2.75, 3.05) is 4.93 Å². The molecule has 0 atom stereocenters. The molecule has 0 radical (unpaired) electrons. The number of halogens is 9. The third-order valence-electron chi connectivity index (χ3n) is 3.57. The monoisotopic (exact) mass is 560 g/mol. The summed E-state index contributed by atoms with van der Waals surface area (Å²) in [6.45, 7) is -2.27. The molecule has 2 rings (SSSR count). The molecule has 29 heavy (non-hydrogen) atoms. The van der Waals surface area contributed by atoms with Crippen LogP contribution in [0.4, 0.5) is 35.1 Å². The second-order valence-electron chi connectivity index (χ2n) is 5.51. The van der Waals surface area contributed by atoms with Crippen molar-refractivity contribution in [3.05, 3.63) is 41.1 Å². The van der Waals surface area contributed by atoms with Crippen LogP contribution in [0.1, 0.15) is 0 Å². The second-order valence-corrected chi connectivity index (χ2v) is 10.4. The van der Waals surface area contributed by atoms with Crippen molar-refractivity contribution in [1.82, 2.24) is 14.5 Å². The van der Waals surface area contributed by atoms with Crippen LogP contribution < -0.4 is 25.5 Å². The summed E-state index contributed by atoms with van der Waals surface area (Å²) in [4.78, 5) is 22.1. The Hall–Kier alpha value is -1.45. The average Bonchev–Trinajstić information content (AvgIpc) is 2.63. The van der Waals surface area contributed by atoms with E-state index in [9.17, 15) is 39.9 Å². The van der Waals surface area contributed by atoms with Crippen LogP contribution in [0.15, 0.2) is 40.3 Å². The van der Waals surface area contributed by atoms with Gasteiger partial charge in [-0.2, -0.15) is 0 Å². The zero-order valence-electron chi connectivity index (χ0n) is 14.2. The molecule has 0 saturated heterocycles. The van der Waals surface area contributed by atoms with Gasteiger partial charge in [0.2, 0.25) is 0 Å². The van der Waals surface area contributed by atoms with Gasteiger partial charge in [0.25, 0.3) is 0 Å². The molecule has 0 aliphatic heterocycles. The van der Waals surface area contributed by atoms with Gasteiger partial charge >= 0.3 is 163 Å². The normalized spacial score (nSPS) is 13.3. The number of hydrogen-bond donors (Lipinski definition) is 0. The Morgan fingerprint density at radius 2 is 1.83 bits per heavy atom. The van der Waals surface area contributed by atoms with Gasteiger partial charge in [-0.15, -0.1) is 0 Å². The molecule has 0 spiro atoms. The molecular weight excluding hydrogens is 549 g/mol. The summed E-state index contributed by atoms with van der Waals surface area (Å²) in [6.07, 6.45) is -3.00. The maximum atomic E-state index is 13.7. The third kappa shape index (κ3) is 4.67. The summed E-state index contributed by atoms with van der Waals surface area (Å²) >= 11 is -0.293. The Bertz CT molecular complexity index is 924. The Labute approximate surface area is 171 Å². The minimum absolute atomic E-state index is 0.0419. The van der Waals surface area contributed by atoms with E-state index >= 15 is 0 Å². The molecule has 2 heterocycles. The number of nitrogens with zero attached hydrogens (tertiary/aromatic N) is 3. The first kappa shape index (κ1) is 23.8. The van der Waals surface area contributed by atoms with Crippen molar-refractivity contribution in [1.29, 1.82) is 0 Å². The van der Waals surface area contributed by atoms with Gasteiger partial charge in [-0.05, 0) is 0 Å². The molecule has 2 aromatic rings. The zero-order chi connectivity index (χ0) is 22.0. The van der Waals surface area contributed by atoms with Crippen LogP contribution in [0.3, 0.4) is 0 Å². The van der Waals surface area contributed by atoms with Crippen LogP contribution in [0.2, 0.25) is 0 Å². The summed E-state index contributed by atoms with van der Waals surface area (Å²) in [6, 6.07) is 4.32. The fourth-order valence-corrected chi connectivity index (χ4v) is 5.12. The molecule has 162 valence electrons. The van der Waals surface area contributed by atoms with Crippen molar-refractivity contribution in [3.63, 3.8) is 0 Å². The standard InChI is InChI=1S/C15H11F8IN3OS/c1-24-29-9-3-2-5-25-10(9)8-4-6-27(12(28)26-8)7-13(18,19)15(22,23)14(20,21)11(16)17/h2-6,11H,7H2,1H3/q-1. The van der Waals surface area contributed by atoms with Gasteiger partial charge in [-0.25, -0.2) is 8.78 Å².